The normalized spacial score (nSPS) is 17.0. The SMILES string of the molecule is c1cc(CNCCc2nncn2C2CC2)c2c(c1)OCCCO2. The van der Waals surface area contributed by atoms with E-state index < -0.39 is 0 Å². The van der Waals surface area contributed by atoms with Gasteiger partial charge in [-0.3, -0.25) is 0 Å². The van der Waals surface area contributed by atoms with Gasteiger partial charge in [-0.15, -0.1) is 10.2 Å². The van der Waals surface area contributed by atoms with E-state index in [0.717, 1.165) is 55.4 Å². The van der Waals surface area contributed by atoms with Gasteiger partial charge in [-0.1, -0.05) is 12.1 Å². The van der Waals surface area contributed by atoms with E-state index in [2.05, 4.69) is 26.1 Å². The van der Waals surface area contributed by atoms with Crippen LogP contribution in [0.1, 0.15) is 36.7 Å². The first-order valence-electron chi connectivity index (χ1n) is 8.38. The summed E-state index contributed by atoms with van der Waals surface area (Å²) in [5, 5.41) is 11.8. The monoisotopic (exact) mass is 314 g/mol. The summed E-state index contributed by atoms with van der Waals surface area (Å²) in [4.78, 5) is 0. The van der Waals surface area contributed by atoms with E-state index in [-0.39, 0.29) is 0 Å². The summed E-state index contributed by atoms with van der Waals surface area (Å²) >= 11 is 0. The van der Waals surface area contributed by atoms with Crippen molar-refractivity contribution in [2.24, 2.45) is 0 Å². The van der Waals surface area contributed by atoms with Crippen molar-refractivity contribution in [3.8, 4) is 11.5 Å². The summed E-state index contributed by atoms with van der Waals surface area (Å²) < 4.78 is 13.8. The topological polar surface area (TPSA) is 61.2 Å². The van der Waals surface area contributed by atoms with E-state index in [1.165, 1.54) is 12.8 Å². The maximum absolute atomic E-state index is 5.85. The molecule has 1 aliphatic carbocycles. The Bertz CT molecular complexity index is 666. The molecule has 1 aliphatic heterocycles. The Kier molecular flexibility index (Phi) is 4.15. The van der Waals surface area contributed by atoms with E-state index >= 15 is 0 Å². The van der Waals surface area contributed by atoms with Crippen molar-refractivity contribution >= 4 is 0 Å². The molecule has 1 saturated carbocycles. The second-order valence-electron chi connectivity index (χ2n) is 6.11. The molecule has 2 aromatic rings. The number of ether oxygens (including phenoxy) is 2. The van der Waals surface area contributed by atoms with Crippen LogP contribution >= 0.6 is 0 Å². The fraction of sp³-hybridized carbons (Fsp3) is 0.529. The zero-order chi connectivity index (χ0) is 15.5. The van der Waals surface area contributed by atoms with E-state index in [0.29, 0.717) is 12.6 Å². The van der Waals surface area contributed by atoms with Crippen molar-refractivity contribution in [3.05, 3.63) is 35.9 Å². The van der Waals surface area contributed by atoms with Gasteiger partial charge in [-0.05, 0) is 18.9 Å². The van der Waals surface area contributed by atoms with Gasteiger partial charge in [0.25, 0.3) is 0 Å². The van der Waals surface area contributed by atoms with Crippen LogP contribution < -0.4 is 14.8 Å². The molecular weight excluding hydrogens is 292 g/mol. The lowest BCUT2D eigenvalue weighted by Crippen LogP contribution is -2.19. The largest absolute Gasteiger partial charge is 0.490 e. The predicted molar refractivity (Wildman–Crippen MR) is 85.8 cm³/mol. The third kappa shape index (κ3) is 3.32. The number of fused-ring (bicyclic) bond motifs is 1. The Labute approximate surface area is 135 Å². The van der Waals surface area contributed by atoms with Crippen LogP contribution in [-0.2, 0) is 13.0 Å². The molecule has 6 nitrogen and oxygen atoms in total. The van der Waals surface area contributed by atoms with Crippen molar-refractivity contribution in [1.29, 1.82) is 0 Å². The second-order valence-corrected chi connectivity index (χ2v) is 6.11. The highest BCUT2D eigenvalue weighted by Crippen LogP contribution is 2.35. The Balaban J connectivity index is 1.33. The van der Waals surface area contributed by atoms with Crippen LogP contribution in [0.4, 0.5) is 0 Å². The lowest BCUT2D eigenvalue weighted by Gasteiger charge is -2.13. The third-order valence-electron chi connectivity index (χ3n) is 4.28. The first-order chi connectivity index (χ1) is 11.4. The molecule has 0 unspecified atom stereocenters. The molecule has 0 atom stereocenters. The van der Waals surface area contributed by atoms with Gasteiger partial charge in [-0.2, -0.15) is 0 Å². The number of aromatic nitrogens is 3. The van der Waals surface area contributed by atoms with Crippen LogP contribution in [0.2, 0.25) is 0 Å². The molecule has 0 saturated heterocycles. The fourth-order valence-electron chi connectivity index (χ4n) is 2.92. The quantitative estimate of drug-likeness (QED) is 0.828. The summed E-state index contributed by atoms with van der Waals surface area (Å²) in [5.41, 5.74) is 1.15. The van der Waals surface area contributed by atoms with Crippen molar-refractivity contribution in [3.63, 3.8) is 0 Å². The summed E-state index contributed by atoms with van der Waals surface area (Å²) in [6.45, 7) is 3.08. The van der Waals surface area contributed by atoms with Crippen LogP contribution in [0.3, 0.4) is 0 Å². The van der Waals surface area contributed by atoms with E-state index in [4.69, 9.17) is 9.47 Å². The molecule has 122 valence electrons. The molecule has 23 heavy (non-hydrogen) atoms. The van der Waals surface area contributed by atoms with Crippen LogP contribution in [0.25, 0.3) is 0 Å². The Morgan fingerprint density at radius 2 is 2.13 bits per heavy atom. The average Bonchev–Trinajstić information content (AvgIpc) is 3.35. The summed E-state index contributed by atoms with van der Waals surface area (Å²) in [6.07, 6.45) is 6.19. The highest BCUT2D eigenvalue weighted by atomic mass is 16.5. The van der Waals surface area contributed by atoms with Crippen LogP contribution in [-0.4, -0.2) is 34.5 Å². The maximum atomic E-state index is 5.85. The summed E-state index contributed by atoms with van der Waals surface area (Å²) in [7, 11) is 0. The zero-order valence-corrected chi connectivity index (χ0v) is 13.2. The number of para-hydroxylation sites is 1. The highest BCUT2D eigenvalue weighted by Gasteiger charge is 2.25. The number of nitrogens with one attached hydrogen (secondary N) is 1. The molecule has 0 radical (unpaired) electrons. The molecule has 6 heteroatoms. The molecule has 0 amide bonds. The molecule has 2 heterocycles. The standard InChI is InChI=1S/C17H22N4O2/c1-3-13(17-15(4-1)22-9-2-10-23-17)11-18-8-7-16-20-19-12-21(16)14-5-6-14/h1,3-4,12,14,18H,2,5-11H2. The van der Waals surface area contributed by atoms with Crippen LogP contribution in [0.5, 0.6) is 11.5 Å². The van der Waals surface area contributed by atoms with Crippen molar-refractivity contribution in [2.45, 2.75) is 38.3 Å². The molecule has 0 bridgehead atoms. The van der Waals surface area contributed by atoms with E-state index in [9.17, 15) is 0 Å². The lowest BCUT2D eigenvalue weighted by atomic mass is 10.2. The molecule has 1 aromatic carbocycles. The fourth-order valence-corrected chi connectivity index (χ4v) is 2.92. The van der Waals surface area contributed by atoms with Gasteiger partial charge in [0.05, 0.1) is 13.2 Å². The minimum atomic E-state index is 0.635. The first-order valence-corrected chi connectivity index (χ1v) is 8.38. The Hall–Kier alpha value is -2.08. The highest BCUT2D eigenvalue weighted by molar-refractivity contribution is 5.47. The molecule has 1 fully saturated rings. The second kappa shape index (κ2) is 6.58. The minimum absolute atomic E-state index is 0.635. The van der Waals surface area contributed by atoms with Gasteiger partial charge in [-0.25, -0.2) is 0 Å². The molecule has 1 aromatic heterocycles. The van der Waals surface area contributed by atoms with Gasteiger partial charge in [0.2, 0.25) is 0 Å². The molecule has 1 N–H and O–H groups in total. The van der Waals surface area contributed by atoms with Crippen molar-refractivity contribution < 1.29 is 9.47 Å². The summed E-state index contributed by atoms with van der Waals surface area (Å²) in [6, 6.07) is 6.72. The van der Waals surface area contributed by atoms with E-state index in [1.807, 2.05) is 18.5 Å². The number of rotatable bonds is 6. The van der Waals surface area contributed by atoms with Crippen LogP contribution in [0.15, 0.2) is 24.5 Å². The zero-order valence-electron chi connectivity index (χ0n) is 13.2. The smallest absolute Gasteiger partial charge is 0.165 e. The van der Waals surface area contributed by atoms with Crippen molar-refractivity contribution in [2.75, 3.05) is 19.8 Å². The molecular formula is C17H22N4O2. The Morgan fingerprint density at radius 1 is 1.22 bits per heavy atom. The van der Waals surface area contributed by atoms with Crippen LogP contribution in [0, 0.1) is 0 Å². The number of nitrogens with zero attached hydrogens (tertiary/aromatic N) is 3. The van der Waals surface area contributed by atoms with Gasteiger partial charge in [0.15, 0.2) is 11.5 Å². The third-order valence-corrected chi connectivity index (χ3v) is 4.28. The maximum Gasteiger partial charge on any atom is 0.165 e. The van der Waals surface area contributed by atoms with E-state index in [1.54, 1.807) is 0 Å². The van der Waals surface area contributed by atoms with Gasteiger partial charge in [0.1, 0.15) is 12.2 Å². The lowest BCUT2D eigenvalue weighted by molar-refractivity contribution is 0.296. The molecule has 2 aliphatic rings. The average molecular weight is 314 g/mol. The first kappa shape index (κ1) is 14.5. The number of benzene rings is 1. The number of hydrogen-bond donors (Lipinski definition) is 1. The summed E-state index contributed by atoms with van der Waals surface area (Å²) in [5.74, 6) is 2.82. The van der Waals surface area contributed by atoms with Gasteiger partial charge >= 0.3 is 0 Å². The minimum Gasteiger partial charge on any atom is -0.490 e. The predicted octanol–water partition coefficient (Wildman–Crippen LogP) is 2.11. The van der Waals surface area contributed by atoms with Crippen molar-refractivity contribution in [1.82, 2.24) is 20.1 Å². The molecule has 4 rings (SSSR count). The van der Waals surface area contributed by atoms with Gasteiger partial charge < -0.3 is 19.4 Å². The molecule has 0 spiro atoms. The number of hydrogen-bond acceptors (Lipinski definition) is 5. The Morgan fingerprint density at radius 3 is 3.04 bits per heavy atom. The van der Waals surface area contributed by atoms with Gasteiger partial charge in [0, 0.05) is 37.5 Å².